The molecule has 0 saturated heterocycles. The molecule has 0 spiro atoms. The molecule has 0 fully saturated rings. The summed E-state index contributed by atoms with van der Waals surface area (Å²) in [5, 5.41) is 6.71. The number of guanidine groups is 1. The number of fused-ring (bicyclic) bond motifs is 1. The van der Waals surface area contributed by atoms with Gasteiger partial charge in [-0.1, -0.05) is 25.5 Å². The van der Waals surface area contributed by atoms with Gasteiger partial charge in [0.05, 0.1) is 6.61 Å². The number of hydrogen-bond donors (Lipinski definition) is 2. The second-order valence-electron chi connectivity index (χ2n) is 6.30. The first-order valence-electron chi connectivity index (χ1n) is 9.68. The van der Waals surface area contributed by atoms with Crippen LogP contribution in [0.2, 0.25) is 0 Å². The Balaban J connectivity index is 0.00000338. The van der Waals surface area contributed by atoms with E-state index in [0.29, 0.717) is 0 Å². The molecule has 26 heavy (non-hydrogen) atoms. The molecule has 0 saturated carbocycles. The van der Waals surface area contributed by atoms with Crippen molar-refractivity contribution >= 4 is 29.9 Å². The van der Waals surface area contributed by atoms with E-state index in [4.69, 9.17) is 9.47 Å². The number of benzene rings is 1. The summed E-state index contributed by atoms with van der Waals surface area (Å²) in [5.41, 5.74) is 2.68. The third-order valence-corrected chi connectivity index (χ3v) is 4.16. The van der Waals surface area contributed by atoms with Gasteiger partial charge in [0.2, 0.25) is 0 Å². The maximum Gasteiger partial charge on any atom is 0.191 e. The van der Waals surface area contributed by atoms with Crippen LogP contribution in [0.1, 0.15) is 44.2 Å². The monoisotopic (exact) mass is 475 g/mol. The van der Waals surface area contributed by atoms with Crippen molar-refractivity contribution < 1.29 is 9.47 Å². The van der Waals surface area contributed by atoms with Gasteiger partial charge in [0.15, 0.2) is 5.96 Å². The van der Waals surface area contributed by atoms with Crippen LogP contribution in [0.15, 0.2) is 23.2 Å². The first kappa shape index (κ1) is 23.0. The molecule has 1 heterocycles. The highest BCUT2D eigenvalue weighted by atomic mass is 127. The van der Waals surface area contributed by atoms with Gasteiger partial charge in [-0.3, -0.25) is 4.99 Å². The summed E-state index contributed by atoms with van der Waals surface area (Å²) in [6, 6.07) is 6.51. The summed E-state index contributed by atoms with van der Waals surface area (Å²) in [4.78, 5) is 4.61. The van der Waals surface area contributed by atoms with Crippen molar-refractivity contribution in [2.24, 2.45) is 4.99 Å². The lowest BCUT2D eigenvalue weighted by atomic mass is 10.1. The molecule has 1 aliphatic heterocycles. The van der Waals surface area contributed by atoms with E-state index in [9.17, 15) is 0 Å². The Morgan fingerprint density at radius 1 is 1.19 bits per heavy atom. The van der Waals surface area contributed by atoms with E-state index in [1.807, 2.05) is 0 Å². The third kappa shape index (κ3) is 8.58. The van der Waals surface area contributed by atoms with Gasteiger partial charge < -0.3 is 20.1 Å². The number of unbranched alkanes of at least 4 members (excludes halogenated alkanes) is 1. The lowest BCUT2D eigenvalue weighted by Gasteiger charge is -2.12. The molecule has 0 radical (unpaired) electrons. The standard InChI is InChI=1S/C20H33N3O2.HI/c1-3-5-13-24-14-6-11-22-20(21-4-2)23-12-9-17-7-8-19-18(16-17)10-15-25-19;/h7-8,16H,3-6,9-15H2,1-2H3,(H2,21,22,23);1H. The molecule has 2 rings (SSSR count). The van der Waals surface area contributed by atoms with Crippen LogP contribution >= 0.6 is 24.0 Å². The van der Waals surface area contributed by atoms with Crippen LogP contribution in [-0.2, 0) is 17.6 Å². The number of ether oxygens (including phenoxy) is 2. The largest absolute Gasteiger partial charge is 0.493 e. The van der Waals surface area contributed by atoms with Crippen LogP contribution in [0, 0.1) is 0 Å². The Kier molecular flexibility index (Phi) is 12.5. The van der Waals surface area contributed by atoms with Crippen LogP contribution in [0.5, 0.6) is 5.75 Å². The van der Waals surface area contributed by atoms with Gasteiger partial charge in [-0.25, -0.2) is 0 Å². The lowest BCUT2D eigenvalue weighted by molar-refractivity contribution is 0.130. The minimum atomic E-state index is 0. The minimum Gasteiger partial charge on any atom is -0.493 e. The van der Waals surface area contributed by atoms with Gasteiger partial charge in [0.1, 0.15) is 5.75 Å². The third-order valence-electron chi connectivity index (χ3n) is 4.16. The zero-order valence-corrected chi connectivity index (χ0v) is 18.5. The van der Waals surface area contributed by atoms with E-state index in [1.54, 1.807) is 0 Å². The van der Waals surface area contributed by atoms with Gasteiger partial charge in [0.25, 0.3) is 0 Å². The average Bonchev–Trinajstić information content (AvgIpc) is 3.08. The molecule has 1 aromatic rings. The highest BCUT2D eigenvalue weighted by Gasteiger charge is 2.11. The second kappa shape index (κ2) is 14.1. The van der Waals surface area contributed by atoms with Gasteiger partial charge in [-0.2, -0.15) is 0 Å². The predicted molar refractivity (Wildman–Crippen MR) is 119 cm³/mol. The van der Waals surface area contributed by atoms with Crippen LogP contribution in [0.3, 0.4) is 0 Å². The fraction of sp³-hybridized carbons (Fsp3) is 0.650. The molecule has 6 heteroatoms. The molecule has 1 aromatic carbocycles. The molecule has 0 aliphatic carbocycles. The van der Waals surface area contributed by atoms with Crippen LogP contribution in [0.25, 0.3) is 0 Å². The van der Waals surface area contributed by atoms with Gasteiger partial charge in [-0.15, -0.1) is 24.0 Å². The fourth-order valence-electron chi connectivity index (χ4n) is 2.77. The second-order valence-corrected chi connectivity index (χ2v) is 6.30. The Hall–Kier alpha value is -1.02. The minimum absolute atomic E-state index is 0. The smallest absolute Gasteiger partial charge is 0.191 e. The normalized spacial score (nSPS) is 12.9. The highest BCUT2D eigenvalue weighted by Crippen LogP contribution is 2.25. The molecule has 0 bridgehead atoms. The zero-order valence-electron chi connectivity index (χ0n) is 16.2. The SMILES string of the molecule is CCCCOCCCN=C(NCC)NCCc1ccc2c(c1)CCO2.I. The van der Waals surface area contributed by atoms with E-state index in [0.717, 1.165) is 76.8 Å². The van der Waals surface area contributed by atoms with Crippen LogP contribution < -0.4 is 15.4 Å². The molecule has 0 atom stereocenters. The van der Waals surface area contributed by atoms with Crippen molar-refractivity contribution in [1.29, 1.82) is 0 Å². The molecule has 0 amide bonds. The topological polar surface area (TPSA) is 54.9 Å². The van der Waals surface area contributed by atoms with E-state index in [2.05, 4.69) is 47.7 Å². The summed E-state index contributed by atoms with van der Waals surface area (Å²) < 4.78 is 11.1. The molecule has 1 aliphatic rings. The van der Waals surface area contributed by atoms with Crippen LogP contribution in [0.4, 0.5) is 0 Å². The van der Waals surface area contributed by atoms with Crippen LogP contribution in [-0.4, -0.2) is 45.4 Å². The van der Waals surface area contributed by atoms with Crippen molar-refractivity contribution in [3.05, 3.63) is 29.3 Å². The zero-order chi connectivity index (χ0) is 17.7. The van der Waals surface area contributed by atoms with Gasteiger partial charge in [0, 0.05) is 39.3 Å². The van der Waals surface area contributed by atoms with Crippen molar-refractivity contribution in [2.75, 3.05) is 39.5 Å². The predicted octanol–water partition coefficient (Wildman–Crippen LogP) is 3.54. The fourth-order valence-corrected chi connectivity index (χ4v) is 2.77. The first-order valence-corrected chi connectivity index (χ1v) is 9.68. The van der Waals surface area contributed by atoms with Crippen molar-refractivity contribution in [3.63, 3.8) is 0 Å². The number of halogens is 1. The maximum atomic E-state index is 5.57. The van der Waals surface area contributed by atoms with E-state index < -0.39 is 0 Å². The number of nitrogens with zero attached hydrogens (tertiary/aromatic N) is 1. The number of rotatable bonds is 11. The van der Waals surface area contributed by atoms with Gasteiger partial charge >= 0.3 is 0 Å². The van der Waals surface area contributed by atoms with Crippen molar-refractivity contribution in [3.8, 4) is 5.75 Å². The number of aliphatic imine (C=N–C) groups is 1. The van der Waals surface area contributed by atoms with Crippen molar-refractivity contribution in [1.82, 2.24) is 10.6 Å². The Labute approximate surface area is 175 Å². The Morgan fingerprint density at radius 2 is 2.04 bits per heavy atom. The molecular weight excluding hydrogens is 441 g/mol. The Morgan fingerprint density at radius 3 is 2.85 bits per heavy atom. The lowest BCUT2D eigenvalue weighted by Crippen LogP contribution is -2.38. The Bertz CT molecular complexity index is 538. The quantitative estimate of drug-likeness (QED) is 0.223. The van der Waals surface area contributed by atoms with Gasteiger partial charge in [-0.05, 0) is 43.4 Å². The summed E-state index contributed by atoms with van der Waals surface area (Å²) in [5.74, 6) is 1.94. The summed E-state index contributed by atoms with van der Waals surface area (Å²) in [6.07, 6.45) is 5.30. The summed E-state index contributed by atoms with van der Waals surface area (Å²) in [6.45, 7) is 9.27. The van der Waals surface area contributed by atoms with E-state index in [-0.39, 0.29) is 24.0 Å². The molecule has 2 N–H and O–H groups in total. The molecule has 148 valence electrons. The highest BCUT2D eigenvalue weighted by molar-refractivity contribution is 14.0. The molecule has 5 nitrogen and oxygen atoms in total. The molecule has 0 aromatic heterocycles. The summed E-state index contributed by atoms with van der Waals surface area (Å²) in [7, 11) is 0. The first-order chi connectivity index (χ1) is 12.3. The maximum absolute atomic E-state index is 5.57. The number of hydrogen-bond acceptors (Lipinski definition) is 3. The van der Waals surface area contributed by atoms with E-state index >= 15 is 0 Å². The molecule has 0 unspecified atom stereocenters. The average molecular weight is 475 g/mol. The van der Waals surface area contributed by atoms with Crippen molar-refractivity contribution in [2.45, 2.75) is 46.0 Å². The molecular formula is C20H34IN3O2. The number of nitrogens with one attached hydrogen (secondary N) is 2. The summed E-state index contributed by atoms with van der Waals surface area (Å²) >= 11 is 0. The van der Waals surface area contributed by atoms with E-state index in [1.165, 1.54) is 17.5 Å².